The van der Waals surface area contributed by atoms with Gasteiger partial charge in [-0.3, -0.25) is 9.59 Å². The first-order chi connectivity index (χ1) is 8.72. The van der Waals surface area contributed by atoms with Crippen LogP contribution < -0.4 is 0 Å². The van der Waals surface area contributed by atoms with E-state index in [4.69, 9.17) is 4.74 Å². The van der Waals surface area contributed by atoms with Crippen molar-refractivity contribution < 1.29 is 14.3 Å². The Labute approximate surface area is 107 Å². The zero-order chi connectivity index (χ0) is 13.0. The average molecular weight is 246 g/mol. The molecule has 0 radical (unpaired) electrons. The van der Waals surface area contributed by atoms with Gasteiger partial charge in [-0.05, 0) is 31.7 Å². The Balaban J connectivity index is 2.08. The van der Waals surface area contributed by atoms with Gasteiger partial charge in [0.2, 0.25) is 0 Å². The molecule has 0 spiro atoms. The van der Waals surface area contributed by atoms with Gasteiger partial charge in [-0.15, -0.1) is 0 Å². The molecule has 1 atom stereocenters. The first kappa shape index (κ1) is 12.8. The smallest absolute Gasteiger partial charge is 0.316 e. The summed E-state index contributed by atoms with van der Waals surface area (Å²) in [6, 6.07) is 9.63. The van der Waals surface area contributed by atoms with Crippen LogP contribution in [0.4, 0.5) is 0 Å². The van der Waals surface area contributed by atoms with Crippen LogP contribution in [0.3, 0.4) is 0 Å². The molecule has 0 saturated heterocycles. The van der Waals surface area contributed by atoms with E-state index >= 15 is 0 Å². The molecule has 96 valence electrons. The van der Waals surface area contributed by atoms with Crippen LogP contribution in [0.25, 0.3) is 0 Å². The van der Waals surface area contributed by atoms with Crippen LogP contribution in [0, 0.1) is 11.8 Å². The molecule has 1 aromatic rings. The SMILES string of the molecule is CCOC(=O)C(Cc1ccccc1)C(=O)C1CC1. The van der Waals surface area contributed by atoms with Crippen LogP contribution in [0.1, 0.15) is 25.3 Å². The average Bonchev–Trinajstić information content (AvgIpc) is 3.21. The molecule has 0 heterocycles. The van der Waals surface area contributed by atoms with Crippen molar-refractivity contribution in [1.82, 2.24) is 0 Å². The molecule has 0 aromatic heterocycles. The molecular weight excluding hydrogens is 228 g/mol. The number of ether oxygens (including phenoxy) is 1. The summed E-state index contributed by atoms with van der Waals surface area (Å²) >= 11 is 0. The van der Waals surface area contributed by atoms with Gasteiger partial charge in [-0.25, -0.2) is 0 Å². The monoisotopic (exact) mass is 246 g/mol. The van der Waals surface area contributed by atoms with Crippen LogP contribution in [-0.4, -0.2) is 18.4 Å². The number of ketones is 1. The van der Waals surface area contributed by atoms with Gasteiger partial charge >= 0.3 is 5.97 Å². The third-order valence-corrected chi connectivity index (χ3v) is 3.18. The van der Waals surface area contributed by atoms with Gasteiger partial charge in [0.1, 0.15) is 5.92 Å². The number of carbonyl (C=O) groups excluding carboxylic acids is 2. The van der Waals surface area contributed by atoms with Gasteiger partial charge in [0.05, 0.1) is 6.61 Å². The minimum Gasteiger partial charge on any atom is -0.465 e. The second-order valence-corrected chi connectivity index (χ2v) is 4.67. The Morgan fingerprint density at radius 2 is 1.94 bits per heavy atom. The Hall–Kier alpha value is -1.64. The molecule has 1 saturated carbocycles. The number of hydrogen-bond acceptors (Lipinski definition) is 3. The van der Waals surface area contributed by atoms with Crippen molar-refractivity contribution in [1.29, 1.82) is 0 Å². The molecule has 1 fully saturated rings. The summed E-state index contributed by atoms with van der Waals surface area (Å²) in [4.78, 5) is 24.0. The maximum absolute atomic E-state index is 12.1. The van der Waals surface area contributed by atoms with Gasteiger partial charge < -0.3 is 4.74 Å². The standard InChI is InChI=1S/C15H18O3/c1-2-18-15(17)13(14(16)12-8-9-12)10-11-6-4-3-5-7-11/h3-7,12-13H,2,8-10H2,1H3. The van der Waals surface area contributed by atoms with E-state index in [1.807, 2.05) is 30.3 Å². The van der Waals surface area contributed by atoms with Gasteiger partial charge in [-0.1, -0.05) is 30.3 Å². The fourth-order valence-electron chi connectivity index (χ4n) is 2.05. The van der Waals surface area contributed by atoms with E-state index in [0.717, 1.165) is 18.4 Å². The van der Waals surface area contributed by atoms with E-state index < -0.39 is 5.92 Å². The highest BCUT2D eigenvalue weighted by atomic mass is 16.5. The summed E-state index contributed by atoms with van der Waals surface area (Å²) in [6.45, 7) is 2.08. The summed E-state index contributed by atoms with van der Waals surface area (Å²) in [5, 5.41) is 0. The molecule has 2 rings (SSSR count). The molecule has 0 amide bonds. The first-order valence-corrected chi connectivity index (χ1v) is 6.46. The number of carbonyl (C=O) groups is 2. The quantitative estimate of drug-likeness (QED) is 0.572. The van der Waals surface area contributed by atoms with Crippen LogP contribution >= 0.6 is 0 Å². The Morgan fingerprint density at radius 3 is 2.50 bits per heavy atom. The van der Waals surface area contributed by atoms with Crippen LogP contribution in [0.5, 0.6) is 0 Å². The number of hydrogen-bond donors (Lipinski definition) is 0. The fraction of sp³-hybridized carbons (Fsp3) is 0.467. The third-order valence-electron chi connectivity index (χ3n) is 3.18. The Bertz CT molecular complexity index is 421. The van der Waals surface area contributed by atoms with E-state index in [0.29, 0.717) is 13.0 Å². The van der Waals surface area contributed by atoms with E-state index in [1.165, 1.54) is 0 Å². The summed E-state index contributed by atoms with van der Waals surface area (Å²) in [5.74, 6) is -0.862. The van der Waals surface area contributed by atoms with E-state index in [2.05, 4.69) is 0 Å². The van der Waals surface area contributed by atoms with Gasteiger partial charge in [0.15, 0.2) is 5.78 Å². The lowest BCUT2D eigenvalue weighted by molar-refractivity contribution is -0.151. The Kier molecular flexibility index (Phi) is 4.13. The van der Waals surface area contributed by atoms with Crippen LogP contribution in [-0.2, 0) is 20.7 Å². The molecule has 1 aliphatic carbocycles. The van der Waals surface area contributed by atoms with Crippen molar-refractivity contribution in [3.05, 3.63) is 35.9 Å². The van der Waals surface area contributed by atoms with E-state index in [-0.39, 0.29) is 17.7 Å². The molecule has 0 bridgehead atoms. The lowest BCUT2D eigenvalue weighted by Crippen LogP contribution is -2.29. The molecule has 18 heavy (non-hydrogen) atoms. The molecule has 1 aromatic carbocycles. The van der Waals surface area contributed by atoms with Crippen molar-refractivity contribution in [3.8, 4) is 0 Å². The highest BCUT2D eigenvalue weighted by molar-refractivity contribution is 6.01. The maximum Gasteiger partial charge on any atom is 0.316 e. The van der Waals surface area contributed by atoms with Gasteiger partial charge in [0, 0.05) is 5.92 Å². The largest absolute Gasteiger partial charge is 0.465 e. The zero-order valence-electron chi connectivity index (χ0n) is 10.6. The topological polar surface area (TPSA) is 43.4 Å². The minimum atomic E-state index is -0.625. The van der Waals surface area contributed by atoms with Crippen molar-refractivity contribution in [2.24, 2.45) is 11.8 Å². The molecule has 1 unspecified atom stereocenters. The molecule has 0 aliphatic heterocycles. The second-order valence-electron chi connectivity index (χ2n) is 4.67. The summed E-state index contributed by atoms with van der Waals surface area (Å²) < 4.78 is 5.02. The van der Waals surface area contributed by atoms with Crippen LogP contribution in [0.2, 0.25) is 0 Å². The lowest BCUT2D eigenvalue weighted by atomic mass is 9.93. The highest BCUT2D eigenvalue weighted by Gasteiger charge is 2.38. The van der Waals surface area contributed by atoms with Crippen molar-refractivity contribution in [2.45, 2.75) is 26.2 Å². The second kappa shape index (κ2) is 5.80. The first-order valence-electron chi connectivity index (χ1n) is 6.46. The minimum absolute atomic E-state index is 0.0531. The number of Topliss-reactive ketones (excluding diaryl/α,β-unsaturated/α-hetero) is 1. The van der Waals surface area contributed by atoms with Crippen molar-refractivity contribution in [3.63, 3.8) is 0 Å². The fourth-order valence-corrected chi connectivity index (χ4v) is 2.05. The molecule has 3 heteroatoms. The van der Waals surface area contributed by atoms with Crippen molar-refractivity contribution >= 4 is 11.8 Å². The van der Waals surface area contributed by atoms with E-state index in [1.54, 1.807) is 6.92 Å². The van der Waals surface area contributed by atoms with Crippen LogP contribution in [0.15, 0.2) is 30.3 Å². The molecule has 1 aliphatic rings. The van der Waals surface area contributed by atoms with E-state index in [9.17, 15) is 9.59 Å². The summed E-state index contributed by atoms with van der Waals surface area (Å²) in [7, 11) is 0. The summed E-state index contributed by atoms with van der Waals surface area (Å²) in [5.41, 5.74) is 1.00. The Morgan fingerprint density at radius 1 is 1.28 bits per heavy atom. The predicted molar refractivity (Wildman–Crippen MR) is 68.0 cm³/mol. The molecule has 0 N–H and O–H groups in total. The van der Waals surface area contributed by atoms with Crippen molar-refractivity contribution in [2.75, 3.05) is 6.61 Å². The van der Waals surface area contributed by atoms with Gasteiger partial charge in [0.25, 0.3) is 0 Å². The zero-order valence-corrected chi connectivity index (χ0v) is 10.6. The number of esters is 1. The van der Waals surface area contributed by atoms with Gasteiger partial charge in [-0.2, -0.15) is 0 Å². The molecule has 3 nitrogen and oxygen atoms in total. The normalized spacial score (nSPS) is 16.1. The maximum atomic E-state index is 12.1. The predicted octanol–water partition coefficient (Wildman–Crippen LogP) is 2.39. The molecular formula is C15H18O3. The summed E-state index contributed by atoms with van der Waals surface area (Å²) in [6.07, 6.45) is 2.29. The number of benzene rings is 1. The third kappa shape index (κ3) is 3.19. The number of rotatable bonds is 6. The highest BCUT2D eigenvalue weighted by Crippen LogP contribution is 2.33. The lowest BCUT2D eigenvalue weighted by Gasteiger charge is -2.14.